The van der Waals surface area contributed by atoms with Crippen LogP contribution in [-0.2, 0) is 14.3 Å². The number of carbonyl (C=O) groups excluding carboxylic acids is 1. The fourth-order valence-electron chi connectivity index (χ4n) is 2.81. The number of likely N-dealkylation sites (tertiary alicyclic amines) is 1. The van der Waals surface area contributed by atoms with Crippen molar-refractivity contribution in [2.24, 2.45) is 0 Å². The van der Waals surface area contributed by atoms with E-state index in [2.05, 4.69) is 18.4 Å². The molecule has 0 bridgehead atoms. The number of rotatable bonds is 4. The number of hydrogen-bond donors (Lipinski definition) is 1. The zero-order valence-electron chi connectivity index (χ0n) is 12.2. The van der Waals surface area contributed by atoms with E-state index in [0.717, 1.165) is 0 Å². The standard InChI is InChI=1S/C15H21NO4/c1-5-7-8-15(18)12(16(9-6-2)13(15)17)11-10-19-14(3,4)20-11/h6,11-12,18H,2,8-10H2,1,3-4H3/t11-,12+,15-/m1/s1. The molecule has 2 heterocycles. The Balaban J connectivity index is 2.21. The van der Waals surface area contributed by atoms with Gasteiger partial charge in [0.2, 0.25) is 0 Å². The Morgan fingerprint density at radius 3 is 2.80 bits per heavy atom. The van der Waals surface area contributed by atoms with Crippen LogP contribution in [0.1, 0.15) is 27.2 Å². The molecule has 0 aromatic rings. The summed E-state index contributed by atoms with van der Waals surface area (Å²) < 4.78 is 11.3. The van der Waals surface area contributed by atoms with E-state index in [4.69, 9.17) is 9.47 Å². The Labute approximate surface area is 119 Å². The van der Waals surface area contributed by atoms with Crippen molar-refractivity contribution in [2.45, 2.75) is 50.7 Å². The van der Waals surface area contributed by atoms with E-state index in [1.807, 2.05) is 13.8 Å². The van der Waals surface area contributed by atoms with Gasteiger partial charge < -0.3 is 19.5 Å². The lowest BCUT2D eigenvalue weighted by Gasteiger charge is -2.53. The summed E-state index contributed by atoms with van der Waals surface area (Å²) in [4.78, 5) is 13.7. The summed E-state index contributed by atoms with van der Waals surface area (Å²) in [5, 5.41) is 10.6. The normalized spacial score (nSPS) is 35.2. The third kappa shape index (κ3) is 2.35. The third-order valence-corrected chi connectivity index (χ3v) is 3.70. The lowest BCUT2D eigenvalue weighted by molar-refractivity contribution is -0.212. The molecular weight excluding hydrogens is 258 g/mol. The van der Waals surface area contributed by atoms with Crippen LogP contribution in [0, 0.1) is 11.8 Å². The predicted molar refractivity (Wildman–Crippen MR) is 73.6 cm³/mol. The minimum atomic E-state index is -1.49. The Hall–Kier alpha value is -1.35. The highest BCUT2D eigenvalue weighted by molar-refractivity contribution is 5.93. The minimum absolute atomic E-state index is 0.112. The molecular formula is C15H21NO4. The first-order valence-corrected chi connectivity index (χ1v) is 6.71. The minimum Gasteiger partial charge on any atom is -0.377 e. The van der Waals surface area contributed by atoms with E-state index in [1.54, 1.807) is 17.9 Å². The van der Waals surface area contributed by atoms with Gasteiger partial charge in [-0.2, -0.15) is 0 Å². The molecule has 0 saturated carbocycles. The molecule has 3 atom stereocenters. The van der Waals surface area contributed by atoms with Crippen molar-refractivity contribution in [1.82, 2.24) is 4.90 Å². The van der Waals surface area contributed by atoms with Crippen LogP contribution in [0.4, 0.5) is 0 Å². The zero-order chi connectivity index (χ0) is 15.0. The quantitative estimate of drug-likeness (QED) is 0.467. The highest BCUT2D eigenvalue weighted by atomic mass is 16.7. The summed E-state index contributed by atoms with van der Waals surface area (Å²) in [5.41, 5.74) is -1.49. The second kappa shape index (κ2) is 5.21. The van der Waals surface area contributed by atoms with Gasteiger partial charge in [0.25, 0.3) is 5.91 Å². The van der Waals surface area contributed by atoms with Crippen LogP contribution in [-0.4, -0.2) is 52.6 Å². The van der Waals surface area contributed by atoms with Gasteiger partial charge in [-0.15, -0.1) is 12.5 Å². The lowest BCUT2D eigenvalue weighted by atomic mass is 9.76. The molecule has 0 aromatic carbocycles. The van der Waals surface area contributed by atoms with E-state index < -0.39 is 17.4 Å². The van der Waals surface area contributed by atoms with Gasteiger partial charge in [-0.3, -0.25) is 4.79 Å². The monoisotopic (exact) mass is 279 g/mol. The average molecular weight is 279 g/mol. The van der Waals surface area contributed by atoms with Crippen molar-refractivity contribution < 1.29 is 19.4 Å². The van der Waals surface area contributed by atoms with E-state index in [1.165, 1.54) is 0 Å². The number of hydrogen-bond acceptors (Lipinski definition) is 4. The Bertz CT molecular complexity index is 476. The summed E-state index contributed by atoms with van der Waals surface area (Å²) in [6.45, 7) is 9.68. The molecule has 0 aromatic heterocycles. The van der Waals surface area contributed by atoms with Crippen LogP contribution in [0.15, 0.2) is 12.7 Å². The molecule has 2 aliphatic heterocycles. The van der Waals surface area contributed by atoms with Gasteiger partial charge in [-0.1, -0.05) is 12.0 Å². The molecule has 5 nitrogen and oxygen atoms in total. The summed E-state index contributed by atoms with van der Waals surface area (Å²) in [6, 6.07) is -0.448. The van der Waals surface area contributed by atoms with E-state index >= 15 is 0 Å². The molecule has 1 amide bonds. The molecule has 0 radical (unpaired) electrons. The highest BCUT2D eigenvalue weighted by Crippen LogP contribution is 2.40. The van der Waals surface area contributed by atoms with Crippen molar-refractivity contribution in [2.75, 3.05) is 13.2 Å². The van der Waals surface area contributed by atoms with Crippen LogP contribution < -0.4 is 0 Å². The molecule has 20 heavy (non-hydrogen) atoms. The summed E-state index contributed by atoms with van der Waals surface area (Å²) in [7, 11) is 0. The fraction of sp³-hybridized carbons (Fsp3) is 0.667. The van der Waals surface area contributed by atoms with Gasteiger partial charge in [0.1, 0.15) is 6.10 Å². The molecule has 1 N–H and O–H groups in total. The van der Waals surface area contributed by atoms with E-state index in [-0.39, 0.29) is 18.4 Å². The Kier molecular flexibility index (Phi) is 3.92. The van der Waals surface area contributed by atoms with Crippen molar-refractivity contribution in [3.8, 4) is 11.8 Å². The second-order valence-electron chi connectivity index (χ2n) is 5.59. The summed E-state index contributed by atoms with van der Waals surface area (Å²) >= 11 is 0. The van der Waals surface area contributed by atoms with Crippen molar-refractivity contribution in [3.63, 3.8) is 0 Å². The highest BCUT2D eigenvalue weighted by Gasteiger charge is 2.63. The number of carbonyl (C=O) groups is 1. The molecule has 0 unspecified atom stereocenters. The van der Waals surface area contributed by atoms with Crippen molar-refractivity contribution >= 4 is 5.91 Å². The maximum Gasteiger partial charge on any atom is 0.258 e. The lowest BCUT2D eigenvalue weighted by Crippen LogP contribution is -2.77. The molecule has 2 fully saturated rings. The van der Waals surface area contributed by atoms with Gasteiger partial charge in [-0.05, 0) is 20.8 Å². The first-order chi connectivity index (χ1) is 9.35. The SMILES string of the molecule is C=CCN1C(=O)[C@@](O)(CC#CC)[C@@H]1[C@H]1COC(C)(C)O1. The van der Waals surface area contributed by atoms with Crippen LogP contribution in [0.25, 0.3) is 0 Å². The number of nitrogens with zero attached hydrogens (tertiary/aromatic N) is 1. The second-order valence-corrected chi connectivity index (χ2v) is 5.59. The molecule has 0 aliphatic carbocycles. The van der Waals surface area contributed by atoms with Crippen LogP contribution >= 0.6 is 0 Å². The number of amides is 1. The molecule has 5 heteroatoms. The Morgan fingerprint density at radius 1 is 1.60 bits per heavy atom. The maximum absolute atomic E-state index is 12.2. The van der Waals surface area contributed by atoms with Crippen molar-refractivity contribution in [1.29, 1.82) is 0 Å². The first-order valence-electron chi connectivity index (χ1n) is 6.71. The van der Waals surface area contributed by atoms with Crippen LogP contribution in [0.2, 0.25) is 0 Å². The van der Waals surface area contributed by atoms with Gasteiger partial charge >= 0.3 is 0 Å². The summed E-state index contributed by atoms with van der Waals surface area (Å²) in [5.74, 6) is 4.49. The zero-order valence-corrected chi connectivity index (χ0v) is 12.2. The topological polar surface area (TPSA) is 59.0 Å². The van der Waals surface area contributed by atoms with E-state index in [9.17, 15) is 9.90 Å². The third-order valence-electron chi connectivity index (χ3n) is 3.70. The maximum atomic E-state index is 12.2. The first kappa shape index (κ1) is 15.0. The number of β-lactam (4-membered cyclic amide) rings is 1. The van der Waals surface area contributed by atoms with Crippen LogP contribution in [0.3, 0.4) is 0 Å². The predicted octanol–water partition coefficient (Wildman–Crippen LogP) is 0.679. The van der Waals surface area contributed by atoms with Crippen molar-refractivity contribution in [3.05, 3.63) is 12.7 Å². The number of aliphatic hydroxyl groups is 1. The van der Waals surface area contributed by atoms with Gasteiger partial charge in [0.05, 0.1) is 12.6 Å². The van der Waals surface area contributed by atoms with Crippen LogP contribution in [0.5, 0.6) is 0 Å². The van der Waals surface area contributed by atoms with Gasteiger partial charge in [0.15, 0.2) is 11.4 Å². The molecule has 2 aliphatic rings. The molecule has 110 valence electrons. The van der Waals surface area contributed by atoms with Gasteiger partial charge in [0, 0.05) is 13.0 Å². The van der Waals surface area contributed by atoms with E-state index in [0.29, 0.717) is 13.2 Å². The average Bonchev–Trinajstić information content (AvgIpc) is 2.75. The molecule has 2 rings (SSSR count). The number of ether oxygens (including phenoxy) is 2. The fourth-order valence-corrected chi connectivity index (χ4v) is 2.81. The Morgan fingerprint density at radius 2 is 2.30 bits per heavy atom. The largest absolute Gasteiger partial charge is 0.377 e. The summed E-state index contributed by atoms with van der Waals surface area (Å²) in [6.07, 6.45) is 1.39. The molecule has 2 saturated heterocycles. The molecule has 0 spiro atoms. The smallest absolute Gasteiger partial charge is 0.258 e. The van der Waals surface area contributed by atoms with Gasteiger partial charge in [-0.25, -0.2) is 0 Å².